The van der Waals surface area contributed by atoms with Crippen LogP contribution in [0.3, 0.4) is 0 Å². The lowest BCUT2D eigenvalue weighted by Gasteiger charge is -2.28. The fourth-order valence-corrected chi connectivity index (χ4v) is 5.09. The molecule has 1 aliphatic heterocycles. The summed E-state index contributed by atoms with van der Waals surface area (Å²) < 4.78 is 19.3. The second kappa shape index (κ2) is 12.3. The van der Waals surface area contributed by atoms with Gasteiger partial charge in [0.1, 0.15) is 17.3 Å². The van der Waals surface area contributed by atoms with Gasteiger partial charge in [-0.05, 0) is 103 Å². The van der Waals surface area contributed by atoms with E-state index in [0.717, 1.165) is 60.9 Å². The lowest BCUT2D eigenvalue weighted by molar-refractivity contribution is 0.0697. The first-order chi connectivity index (χ1) is 18.9. The minimum absolute atomic E-state index is 0.213. The van der Waals surface area contributed by atoms with Gasteiger partial charge < -0.3 is 14.7 Å². The first-order valence-electron chi connectivity index (χ1n) is 13.0. The van der Waals surface area contributed by atoms with Crippen LogP contribution in [0, 0.1) is 11.7 Å². The van der Waals surface area contributed by atoms with Crippen molar-refractivity contribution in [2.75, 3.05) is 24.5 Å². The van der Waals surface area contributed by atoms with Crippen molar-refractivity contribution < 1.29 is 19.0 Å². The molecule has 1 atom stereocenters. The third-order valence-corrected chi connectivity index (χ3v) is 7.25. The summed E-state index contributed by atoms with van der Waals surface area (Å²) in [6, 6.07) is 29.1. The Balaban J connectivity index is 1.28. The molecule has 7 heteroatoms. The van der Waals surface area contributed by atoms with Crippen LogP contribution in [0.1, 0.15) is 27.9 Å². The number of aromatic carboxylic acids is 1. The van der Waals surface area contributed by atoms with Crippen LogP contribution in [0.5, 0.6) is 11.5 Å². The number of hydrogen-bond donors (Lipinski definition) is 1. The molecule has 0 radical (unpaired) electrons. The normalized spacial score (nSPS) is 15.3. The summed E-state index contributed by atoms with van der Waals surface area (Å²) in [6.07, 6.45) is 1.08. The number of anilines is 1. The number of ether oxygens (including phenoxy) is 1. The van der Waals surface area contributed by atoms with Crippen LogP contribution in [0.15, 0.2) is 97.1 Å². The molecular weight excluding hydrogens is 515 g/mol. The Labute approximate surface area is 233 Å². The van der Waals surface area contributed by atoms with E-state index in [1.54, 1.807) is 24.3 Å². The quantitative estimate of drug-likeness (QED) is 0.224. The van der Waals surface area contributed by atoms with Crippen molar-refractivity contribution in [2.24, 2.45) is 5.92 Å². The highest BCUT2D eigenvalue weighted by atomic mass is 35.5. The lowest BCUT2D eigenvalue weighted by Crippen LogP contribution is -2.31. The predicted octanol–water partition coefficient (Wildman–Crippen LogP) is 7.50. The van der Waals surface area contributed by atoms with Crippen LogP contribution in [0.2, 0.25) is 5.02 Å². The molecule has 4 aromatic carbocycles. The molecule has 5 nitrogen and oxygen atoms in total. The monoisotopic (exact) mass is 544 g/mol. The molecule has 0 aromatic heterocycles. The summed E-state index contributed by atoms with van der Waals surface area (Å²) >= 11 is 5.98. The fraction of sp³-hybridized carbons (Fsp3) is 0.219. The van der Waals surface area contributed by atoms with Crippen molar-refractivity contribution in [2.45, 2.75) is 19.5 Å². The van der Waals surface area contributed by atoms with E-state index in [2.05, 4.69) is 21.9 Å². The number of rotatable bonds is 10. The number of carboxylic acids is 1. The molecule has 1 aliphatic rings. The average Bonchev–Trinajstić information content (AvgIpc) is 3.38. The van der Waals surface area contributed by atoms with Crippen molar-refractivity contribution in [3.63, 3.8) is 0 Å². The van der Waals surface area contributed by atoms with Crippen molar-refractivity contribution >= 4 is 23.3 Å². The number of carboxylic acid groups (broad SMARTS) is 1. The molecule has 0 saturated carbocycles. The Hall–Kier alpha value is -3.87. The van der Waals surface area contributed by atoms with Gasteiger partial charge in [-0.25, -0.2) is 9.18 Å². The molecule has 0 spiro atoms. The highest BCUT2D eigenvalue weighted by molar-refractivity contribution is 6.30. The zero-order valence-electron chi connectivity index (χ0n) is 21.5. The Bertz CT molecular complexity index is 1380. The number of hydrogen-bond acceptors (Lipinski definition) is 4. The molecule has 0 bridgehead atoms. The Morgan fingerprint density at radius 2 is 1.51 bits per heavy atom. The van der Waals surface area contributed by atoms with E-state index < -0.39 is 5.97 Å². The SMILES string of the molecule is O=C(O)c1ccc(CN(CC2CCN(Cc3ccc(F)cc3)C2)c2ccc(Oc3ccc(Cl)cc3)cc2)cc1. The molecule has 1 unspecified atom stereocenters. The number of halogens is 2. The highest BCUT2D eigenvalue weighted by Gasteiger charge is 2.25. The van der Waals surface area contributed by atoms with Crippen LogP contribution < -0.4 is 9.64 Å². The van der Waals surface area contributed by atoms with E-state index in [0.29, 0.717) is 17.5 Å². The average molecular weight is 545 g/mol. The highest BCUT2D eigenvalue weighted by Crippen LogP contribution is 2.29. The summed E-state index contributed by atoms with van der Waals surface area (Å²) in [4.78, 5) is 16.1. The van der Waals surface area contributed by atoms with Gasteiger partial charge in [0.2, 0.25) is 0 Å². The van der Waals surface area contributed by atoms with Gasteiger partial charge in [0.25, 0.3) is 0 Å². The van der Waals surface area contributed by atoms with Crippen molar-refractivity contribution in [1.29, 1.82) is 0 Å². The van der Waals surface area contributed by atoms with Gasteiger partial charge in [0.15, 0.2) is 0 Å². The van der Waals surface area contributed by atoms with Crippen molar-refractivity contribution in [3.8, 4) is 11.5 Å². The van der Waals surface area contributed by atoms with E-state index in [1.165, 1.54) is 12.1 Å². The van der Waals surface area contributed by atoms with Crippen LogP contribution in [0.25, 0.3) is 0 Å². The zero-order valence-corrected chi connectivity index (χ0v) is 22.2. The summed E-state index contributed by atoms with van der Waals surface area (Å²) in [5, 5.41) is 9.92. The van der Waals surface area contributed by atoms with E-state index in [-0.39, 0.29) is 11.4 Å². The minimum atomic E-state index is -0.929. The van der Waals surface area contributed by atoms with Gasteiger partial charge in [-0.2, -0.15) is 0 Å². The predicted molar refractivity (Wildman–Crippen MR) is 152 cm³/mol. The minimum Gasteiger partial charge on any atom is -0.478 e. The molecule has 1 heterocycles. The maximum atomic E-state index is 13.3. The Morgan fingerprint density at radius 3 is 2.15 bits per heavy atom. The number of nitrogens with zero attached hydrogens (tertiary/aromatic N) is 2. The third kappa shape index (κ3) is 7.37. The third-order valence-electron chi connectivity index (χ3n) is 6.99. The Morgan fingerprint density at radius 1 is 0.897 bits per heavy atom. The van der Waals surface area contributed by atoms with Crippen molar-refractivity contribution in [1.82, 2.24) is 4.90 Å². The largest absolute Gasteiger partial charge is 0.478 e. The number of likely N-dealkylation sites (tertiary alicyclic amines) is 1. The van der Waals surface area contributed by atoms with Gasteiger partial charge in [0.05, 0.1) is 5.56 Å². The van der Waals surface area contributed by atoms with Crippen LogP contribution in [0.4, 0.5) is 10.1 Å². The molecule has 4 aromatic rings. The summed E-state index contributed by atoms with van der Waals surface area (Å²) in [6.45, 7) is 4.29. The van der Waals surface area contributed by atoms with E-state index in [1.807, 2.05) is 48.5 Å². The molecule has 5 rings (SSSR count). The first-order valence-corrected chi connectivity index (χ1v) is 13.4. The zero-order chi connectivity index (χ0) is 27.2. The summed E-state index contributed by atoms with van der Waals surface area (Å²) in [5.41, 5.74) is 3.50. The maximum Gasteiger partial charge on any atom is 0.335 e. The summed E-state index contributed by atoms with van der Waals surface area (Å²) in [7, 11) is 0. The second-order valence-electron chi connectivity index (χ2n) is 9.95. The van der Waals surface area contributed by atoms with Crippen LogP contribution >= 0.6 is 11.6 Å². The maximum absolute atomic E-state index is 13.3. The van der Waals surface area contributed by atoms with Crippen LogP contribution in [-0.2, 0) is 13.1 Å². The molecule has 1 fully saturated rings. The van der Waals surface area contributed by atoms with Gasteiger partial charge in [-0.3, -0.25) is 4.90 Å². The molecule has 1 saturated heterocycles. The number of carbonyl (C=O) groups is 1. The smallest absolute Gasteiger partial charge is 0.335 e. The Kier molecular flexibility index (Phi) is 8.45. The van der Waals surface area contributed by atoms with Gasteiger partial charge in [-0.15, -0.1) is 0 Å². The molecule has 0 amide bonds. The molecule has 1 N–H and O–H groups in total. The molecule has 39 heavy (non-hydrogen) atoms. The standard InChI is InChI=1S/C32H30ClFN2O3/c33-27-7-13-30(14-8-27)39-31-15-11-29(12-16-31)36(21-24-1-5-26(6-2-24)32(37)38)22-25-17-18-35(20-25)19-23-3-9-28(34)10-4-23/h1-16,25H,17-22H2,(H,37,38). The lowest BCUT2D eigenvalue weighted by atomic mass is 10.1. The molecule has 200 valence electrons. The van der Waals surface area contributed by atoms with Crippen LogP contribution in [-0.4, -0.2) is 35.6 Å². The topological polar surface area (TPSA) is 53.0 Å². The first kappa shape index (κ1) is 26.7. The van der Waals surface area contributed by atoms with Gasteiger partial charge >= 0.3 is 5.97 Å². The fourth-order valence-electron chi connectivity index (χ4n) is 4.96. The van der Waals surface area contributed by atoms with E-state index >= 15 is 0 Å². The number of benzene rings is 4. The van der Waals surface area contributed by atoms with E-state index in [9.17, 15) is 14.3 Å². The van der Waals surface area contributed by atoms with Gasteiger partial charge in [-0.1, -0.05) is 35.9 Å². The molecule has 0 aliphatic carbocycles. The van der Waals surface area contributed by atoms with Crippen molar-refractivity contribution in [3.05, 3.63) is 125 Å². The summed E-state index contributed by atoms with van der Waals surface area (Å²) in [5.74, 6) is 0.776. The second-order valence-corrected chi connectivity index (χ2v) is 10.4. The van der Waals surface area contributed by atoms with Gasteiger partial charge in [0, 0.05) is 36.9 Å². The van der Waals surface area contributed by atoms with E-state index in [4.69, 9.17) is 16.3 Å². The molecular formula is C32H30ClFN2O3.